The molecule has 0 spiro atoms. The quantitative estimate of drug-likeness (QED) is 0.724. The van der Waals surface area contributed by atoms with Crippen LogP contribution in [0.15, 0.2) is 11.4 Å². The molecule has 7 nitrogen and oxygen atoms in total. The van der Waals surface area contributed by atoms with Gasteiger partial charge in [-0.05, 0) is 18.4 Å². The van der Waals surface area contributed by atoms with E-state index in [1.165, 1.54) is 17.4 Å². The van der Waals surface area contributed by atoms with Gasteiger partial charge in [-0.15, -0.1) is 11.3 Å². The van der Waals surface area contributed by atoms with Crippen molar-refractivity contribution in [3.8, 4) is 0 Å². The van der Waals surface area contributed by atoms with E-state index in [0.717, 1.165) is 0 Å². The van der Waals surface area contributed by atoms with Crippen molar-refractivity contribution in [2.75, 3.05) is 25.1 Å². The standard InChI is InChI=1S/C11H13NO6S/c1-2-18-11(16)7-3-4-19-10(7)12-8(13)5-17-6-9(14)15/h3-4H,2,5-6H2,1H3,(H,12,13)(H,14,15). The minimum Gasteiger partial charge on any atom is -0.480 e. The van der Waals surface area contributed by atoms with Crippen LogP contribution in [0.5, 0.6) is 0 Å². The summed E-state index contributed by atoms with van der Waals surface area (Å²) in [5.41, 5.74) is 0.262. The van der Waals surface area contributed by atoms with Crippen LogP contribution >= 0.6 is 11.3 Å². The zero-order valence-electron chi connectivity index (χ0n) is 10.2. The second kappa shape index (κ2) is 7.49. The number of carboxylic acid groups (broad SMARTS) is 1. The second-order valence-electron chi connectivity index (χ2n) is 3.32. The molecule has 0 aromatic carbocycles. The van der Waals surface area contributed by atoms with E-state index < -0.39 is 31.1 Å². The number of carbonyl (C=O) groups excluding carboxylic acids is 2. The number of hydrogen-bond acceptors (Lipinski definition) is 6. The van der Waals surface area contributed by atoms with E-state index >= 15 is 0 Å². The number of esters is 1. The molecule has 0 radical (unpaired) electrons. The molecule has 1 amide bonds. The molecular weight excluding hydrogens is 274 g/mol. The summed E-state index contributed by atoms with van der Waals surface area (Å²) in [7, 11) is 0. The van der Waals surface area contributed by atoms with Crippen LogP contribution in [0.2, 0.25) is 0 Å². The molecule has 104 valence electrons. The molecule has 1 aromatic heterocycles. The van der Waals surface area contributed by atoms with Crippen LogP contribution in [-0.2, 0) is 19.1 Å². The molecule has 0 saturated heterocycles. The van der Waals surface area contributed by atoms with Crippen LogP contribution in [0.4, 0.5) is 5.00 Å². The van der Waals surface area contributed by atoms with Crippen molar-refractivity contribution in [2.24, 2.45) is 0 Å². The highest BCUT2D eigenvalue weighted by molar-refractivity contribution is 7.14. The summed E-state index contributed by atoms with van der Waals surface area (Å²) in [6.07, 6.45) is 0. The predicted octanol–water partition coefficient (Wildman–Crippen LogP) is 0.965. The average molecular weight is 287 g/mol. The van der Waals surface area contributed by atoms with Gasteiger partial charge in [0.1, 0.15) is 18.2 Å². The maximum Gasteiger partial charge on any atom is 0.341 e. The first-order chi connectivity index (χ1) is 9.04. The molecular formula is C11H13NO6S. The van der Waals surface area contributed by atoms with Gasteiger partial charge in [0.15, 0.2) is 0 Å². The van der Waals surface area contributed by atoms with Crippen molar-refractivity contribution in [3.63, 3.8) is 0 Å². The zero-order chi connectivity index (χ0) is 14.3. The highest BCUT2D eigenvalue weighted by atomic mass is 32.1. The third-order valence-corrected chi connectivity index (χ3v) is 2.70. The molecule has 0 aliphatic heterocycles. The van der Waals surface area contributed by atoms with Gasteiger partial charge in [-0.2, -0.15) is 0 Å². The van der Waals surface area contributed by atoms with Crippen LogP contribution in [0, 0.1) is 0 Å². The van der Waals surface area contributed by atoms with Crippen LogP contribution in [0.1, 0.15) is 17.3 Å². The molecule has 2 N–H and O–H groups in total. The van der Waals surface area contributed by atoms with Crippen LogP contribution < -0.4 is 5.32 Å². The predicted molar refractivity (Wildman–Crippen MR) is 67.4 cm³/mol. The Labute approximate surface area is 113 Å². The van der Waals surface area contributed by atoms with Gasteiger partial charge >= 0.3 is 11.9 Å². The topological polar surface area (TPSA) is 102 Å². The number of anilines is 1. The Hall–Kier alpha value is -1.93. The first-order valence-corrected chi connectivity index (χ1v) is 6.26. The van der Waals surface area contributed by atoms with E-state index in [1.807, 2.05) is 0 Å². The second-order valence-corrected chi connectivity index (χ2v) is 4.23. The first kappa shape index (κ1) is 15.1. The van der Waals surface area contributed by atoms with Crippen molar-refractivity contribution in [1.82, 2.24) is 0 Å². The Morgan fingerprint density at radius 2 is 2.11 bits per heavy atom. The van der Waals surface area contributed by atoms with Crippen LogP contribution in [0.3, 0.4) is 0 Å². The SMILES string of the molecule is CCOC(=O)c1ccsc1NC(=O)COCC(=O)O. The molecule has 0 bridgehead atoms. The largest absolute Gasteiger partial charge is 0.480 e. The Balaban J connectivity index is 2.53. The van der Waals surface area contributed by atoms with Crippen LogP contribution in [-0.4, -0.2) is 42.8 Å². The molecule has 19 heavy (non-hydrogen) atoms. The first-order valence-electron chi connectivity index (χ1n) is 5.38. The number of carbonyl (C=O) groups is 3. The monoisotopic (exact) mass is 287 g/mol. The summed E-state index contributed by atoms with van der Waals surface area (Å²) in [5, 5.41) is 12.8. The number of carboxylic acids is 1. The molecule has 0 atom stereocenters. The van der Waals surface area contributed by atoms with E-state index in [0.29, 0.717) is 5.00 Å². The van der Waals surface area contributed by atoms with Gasteiger partial charge in [-0.3, -0.25) is 4.79 Å². The third kappa shape index (κ3) is 5.06. The van der Waals surface area contributed by atoms with E-state index in [2.05, 4.69) is 10.1 Å². The van der Waals surface area contributed by atoms with E-state index in [9.17, 15) is 14.4 Å². The van der Waals surface area contributed by atoms with E-state index in [1.54, 1.807) is 12.3 Å². The molecule has 0 aliphatic carbocycles. The molecule has 1 aromatic rings. The molecule has 0 saturated carbocycles. The fraction of sp³-hybridized carbons (Fsp3) is 0.364. The summed E-state index contributed by atoms with van der Waals surface area (Å²) in [6.45, 7) is 0.973. The number of rotatable bonds is 7. The van der Waals surface area contributed by atoms with Crippen molar-refractivity contribution >= 4 is 34.2 Å². The van der Waals surface area contributed by atoms with Crippen molar-refractivity contribution in [2.45, 2.75) is 6.92 Å². The Kier molecular flexibility index (Phi) is 5.97. The Bertz CT molecular complexity index is 470. The molecule has 0 fully saturated rings. The van der Waals surface area contributed by atoms with Gasteiger partial charge < -0.3 is 19.9 Å². The van der Waals surface area contributed by atoms with Gasteiger partial charge in [0.25, 0.3) is 5.91 Å². The van der Waals surface area contributed by atoms with E-state index in [4.69, 9.17) is 9.84 Å². The fourth-order valence-electron chi connectivity index (χ4n) is 1.17. The maximum absolute atomic E-state index is 11.5. The average Bonchev–Trinajstić information content (AvgIpc) is 2.76. The summed E-state index contributed by atoms with van der Waals surface area (Å²) >= 11 is 1.17. The number of thiophene rings is 1. The molecule has 1 heterocycles. The van der Waals surface area contributed by atoms with Gasteiger partial charge in [0.05, 0.1) is 12.2 Å². The zero-order valence-corrected chi connectivity index (χ0v) is 11.0. The minimum atomic E-state index is -1.16. The minimum absolute atomic E-state index is 0.240. The summed E-state index contributed by atoms with van der Waals surface area (Å²) in [6, 6.07) is 1.54. The van der Waals surface area contributed by atoms with Gasteiger partial charge in [0, 0.05) is 0 Å². The molecule has 1 rings (SSSR count). The highest BCUT2D eigenvalue weighted by Gasteiger charge is 2.16. The maximum atomic E-state index is 11.5. The highest BCUT2D eigenvalue weighted by Crippen LogP contribution is 2.23. The normalized spacial score (nSPS) is 9.95. The lowest BCUT2D eigenvalue weighted by Crippen LogP contribution is -2.21. The summed E-state index contributed by atoms with van der Waals surface area (Å²) in [4.78, 5) is 33.2. The summed E-state index contributed by atoms with van der Waals surface area (Å²) < 4.78 is 9.46. The number of nitrogens with one attached hydrogen (secondary N) is 1. The van der Waals surface area contributed by atoms with E-state index in [-0.39, 0.29) is 12.2 Å². The number of aliphatic carboxylic acids is 1. The smallest absolute Gasteiger partial charge is 0.341 e. The lowest BCUT2D eigenvalue weighted by atomic mass is 10.3. The lowest BCUT2D eigenvalue weighted by Gasteiger charge is -2.06. The third-order valence-electron chi connectivity index (χ3n) is 1.87. The lowest BCUT2D eigenvalue weighted by molar-refractivity contribution is -0.143. The van der Waals surface area contributed by atoms with Gasteiger partial charge in [-0.25, -0.2) is 9.59 Å². The molecule has 0 aliphatic rings. The number of hydrogen-bond donors (Lipinski definition) is 2. The van der Waals surface area contributed by atoms with Crippen molar-refractivity contribution < 1.29 is 29.0 Å². The Morgan fingerprint density at radius 3 is 2.74 bits per heavy atom. The van der Waals surface area contributed by atoms with Gasteiger partial charge in [-0.1, -0.05) is 0 Å². The van der Waals surface area contributed by atoms with Gasteiger partial charge in [0.2, 0.25) is 0 Å². The number of ether oxygens (including phenoxy) is 2. The van der Waals surface area contributed by atoms with Crippen LogP contribution in [0.25, 0.3) is 0 Å². The Morgan fingerprint density at radius 1 is 1.37 bits per heavy atom. The summed E-state index contributed by atoms with van der Waals surface area (Å²) in [5.74, 6) is -2.21. The number of amides is 1. The van der Waals surface area contributed by atoms with Crippen molar-refractivity contribution in [3.05, 3.63) is 17.0 Å². The molecule has 8 heteroatoms. The van der Waals surface area contributed by atoms with Crippen molar-refractivity contribution in [1.29, 1.82) is 0 Å². The fourth-order valence-corrected chi connectivity index (χ4v) is 1.96. The molecule has 0 unspecified atom stereocenters.